The first-order chi connectivity index (χ1) is 10.2. The number of hydrogen-bond donors (Lipinski definition) is 1. The van der Waals surface area contributed by atoms with Crippen molar-refractivity contribution < 1.29 is 14.3 Å². The van der Waals surface area contributed by atoms with Crippen LogP contribution < -0.4 is 15.2 Å². The molecule has 108 valence electrons. The van der Waals surface area contributed by atoms with Gasteiger partial charge in [0.2, 0.25) is 0 Å². The SMILES string of the molecule is COc1ccc(-c2nn(CC#N)c(N)c2C=O)c(OC)c1. The summed E-state index contributed by atoms with van der Waals surface area (Å²) in [5, 5.41) is 13.0. The Balaban J connectivity index is 2.64. The Bertz CT molecular complexity index is 716. The number of ether oxygens (including phenoxy) is 2. The number of nitrogens with zero attached hydrogens (tertiary/aromatic N) is 3. The van der Waals surface area contributed by atoms with Crippen LogP contribution in [0, 0.1) is 11.3 Å². The van der Waals surface area contributed by atoms with Crippen LogP contribution in [0.5, 0.6) is 11.5 Å². The zero-order chi connectivity index (χ0) is 15.4. The molecule has 0 amide bonds. The fourth-order valence-electron chi connectivity index (χ4n) is 1.99. The summed E-state index contributed by atoms with van der Waals surface area (Å²) in [6.07, 6.45) is 0.620. The monoisotopic (exact) mass is 286 g/mol. The molecule has 1 aromatic heterocycles. The van der Waals surface area contributed by atoms with E-state index in [4.69, 9.17) is 20.5 Å². The third-order valence-electron chi connectivity index (χ3n) is 3.03. The van der Waals surface area contributed by atoms with Crippen molar-refractivity contribution in [2.45, 2.75) is 6.54 Å². The van der Waals surface area contributed by atoms with Crippen molar-refractivity contribution in [2.24, 2.45) is 0 Å². The van der Waals surface area contributed by atoms with Crippen LogP contribution in [0.1, 0.15) is 10.4 Å². The first-order valence-corrected chi connectivity index (χ1v) is 6.07. The van der Waals surface area contributed by atoms with E-state index in [1.165, 1.54) is 11.8 Å². The molecule has 2 rings (SSSR count). The largest absolute Gasteiger partial charge is 0.497 e. The number of rotatable bonds is 5. The third-order valence-corrected chi connectivity index (χ3v) is 3.03. The highest BCUT2D eigenvalue weighted by Gasteiger charge is 2.19. The lowest BCUT2D eigenvalue weighted by molar-refractivity contribution is 0.112. The minimum absolute atomic E-state index is 0.0366. The molecule has 0 aliphatic rings. The average molecular weight is 286 g/mol. The van der Waals surface area contributed by atoms with E-state index >= 15 is 0 Å². The Kier molecular flexibility index (Phi) is 4.09. The van der Waals surface area contributed by atoms with E-state index in [-0.39, 0.29) is 17.9 Å². The topological polar surface area (TPSA) is 103 Å². The number of nitrogen functional groups attached to an aromatic ring is 1. The molecule has 7 nitrogen and oxygen atoms in total. The maximum absolute atomic E-state index is 11.3. The molecule has 0 saturated carbocycles. The molecule has 2 aromatic rings. The van der Waals surface area contributed by atoms with E-state index < -0.39 is 0 Å². The number of carbonyl (C=O) groups is 1. The summed E-state index contributed by atoms with van der Waals surface area (Å²) in [7, 11) is 3.05. The van der Waals surface area contributed by atoms with Gasteiger partial charge in [0.1, 0.15) is 29.6 Å². The normalized spacial score (nSPS) is 9.95. The van der Waals surface area contributed by atoms with Crippen molar-refractivity contribution in [3.8, 4) is 28.8 Å². The number of aldehydes is 1. The van der Waals surface area contributed by atoms with Crippen molar-refractivity contribution in [3.05, 3.63) is 23.8 Å². The van der Waals surface area contributed by atoms with Crippen LogP contribution in [0.25, 0.3) is 11.3 Å². The molecule has 2 N–H and O–H groups in total. The number of nitrogens with two attached hydrogens (primary N) is 1. The van der Waals surface area contributed by atoms with Crippen LogP contribution in [0.15, 0.2) is 18.2 Å². The number of aromatic nitrogens is 2. The summed E-state index contributed by atoms with van der Waals surface area (Å²) in [6.45, 7) is -0.0366. The van der Waals surface area contributed by atoms with Crippen LogP contribution in [0.3, 0.4) is 0 Å². The van der Waals surface area contributed by atoms with Gasteiger partial charge in [0.05, 0.1) is 25.9 Å². The minimum atomic E-state index is -0.0366. The summed E-state index contributed by atoms with van der Waals surface area (Å²) < 4.78 is 11.7. The standard InChI is InChI=1S/C14H14N4O3/c1-20-9-3-4-10(12(7-9)21-2)13-11(8-19)14(16)18(17-13)6-5-15/h3-4,7-8H,6,16H2,1-2H3. The van der Waals surface area contributed by atoms with E-state index in [0.717, 1.165) is 0 Å². The highest BCUT2D eigenvalue weighted by molar-refractivity contribution is 5.93. The Morgan fingerprint density at radius 2 is 2.19 bits per heavy atom. The van der Waals surface area contributed by atoms with Crippen molar-refractivity contribution in [1.29, 1.82) is 5.26 Å². The second kappa shape index (κ2) is 5.96. The molecule has 7 heteroatoms. The molecule has 0 aliphatic heterocycles. The van der Waals surface area contributed by atoms with Crippen molar-refractivity contribution in [3.63, 3.8) is 0 Å². The maximum Gasteiger partial charge on any atom is 0.156 e. The molecule has 0 unspecified atom stereocenters. The summed E-state index contributed by atoms with van der Waals surface area (Å²) in [5.74, 6) is 1.27. The van der Waals surface area contributed by atoms with Gasteiger partial charge in [0.15, 0.2) is 6.29 Å². The molecule has 0 aliphatic carbocycles. The number of benzene rings is 1. The predicted molar refractivity (Wildman–Crippen MR) is 76.2 cm³/mol. The van der Waals surface area contributed by atoms with Gasteiger partial charge in [-0.2, -0.15) is 10.4 Å². The second-order valence-corrected chi connectivity index (χ2v) is 4.15. The summed E-state index contributed by atoms with van der Waals surface area (Å²) in [5.41, 5.74) is 7.04. The molecule has 0 radical (unpaired) electrons. The van der Waals surface area contributed by atoms with Crippen LogP contribution >= 0.6 is 0 Å². The van der Waals surface area contributed by atoms with Gasteiger partial charge < -0.3 is 15.2 Å². The highest BCUT2D eigenvalue weighted by Crippen LogP contribution is 2.35. The smallest absolute Gasteiger partial charge is 0.156 e. The predicted octanol–water partition coefficient (Wildman–Crippen LogP) is 1.49. The Hall–Kier alpha value is -3.01. The van der Waals surface area contributed by atoms with Gasteiger partial charge in [-0.1, -0.05) is 0 Å². The Morgan fingerprint density at radius 1 is 1.43 bits per heavy atom. The average Bonchev–Trinajstić information content (AvgIpc) is 2.83. The fourth-order valence-corrected chi connectivity index (χ4v) is 1.99. The van der Waals surface area contributed by atoms with Gasteiger partial charge in [-0.3, -0.25) is 4.79 Å². The molecular formula is C14H14N4O3. The van der Waals surface area contributed by atoms with E-state index in [1.807, 2.05) is 6.07 Å². The lowest BCUT2D eigenvalue weighted by atomic mass is 10.1. The first-order valence-electron chi connectivity index (χ1n) is 6.07. The van der Waals surface area contributed by atoms with Crippen molar-refractivity contribution in [2.75, 3.05) is 20.0 Å². The number of nitriles is 1. The van der Waals surface area contributed by atoms with Gasteiger partial charge in [0.25, 0.3) is 0 Å². The summed E-state index contributed by atoms with van der Waals surface area (Å²) in [4.78, 5) is 11.3. The van der Waals surface area contributed by atoms with E-state index in [1.54, 1.807) is 25.3 Å². The molecule has 1 aromatic carbocycles. The zero-order valence-corrected chi connectivity index (χ0v) is 11.7. The molecule has 0 atom stereocenters. The quantitative estimate of drug-likeness (QED) is 0.835. The van der Waals surface area contributed by atoms with Crippen molar-refractivity contribution >= 4 is 12.1 Å². The number of carbonyl (C=O) groups excluding carboxylic acids is 1. The van der Waals surface area contributed by atoms with Crippen LogP contribution in [-0.2, 0) is 6.54 Å². The molecule has 0 bridgehead atoms. The summed E-state index contributed by atoms with van der Waals surface area (Å²) >= 11 is 0. The van der Waals surface area contributed by atoms with Gasteiger partial charge in [0, 0.05) is 11.6 Å². The first kappa shape index (κ1) is 14.4. The van der Waals surface area contributed by atoms with E-state index in [0.29, 0.717) is 29.0 Å². The van der Waals surface area contributed by atoms with Gasteiger partial charge in [-0.25, -0.2) is 4.68 Å². The number of anilines is 1. The van der Waals surface area contributed by atoms with E-state index in [9.17, 15) is 4.79 Å². The number of hydrogen-bond acceptors (Lipinski definition) is 6. The van der Waals surface area contributed by atoms with Gasteiger partial charge in [-0.05, 0) is 12.1 Å². The zero-order valence-electron chi connectivity index (χ0n) is 11.7. The molecule has 0 spiro atoms. The Labute approximate surface area is 121 Å². The Morgan fingerprint density at radius 3 is 2.76 bits per heavy atom. The minimum Gasteiger partial charge on any atom is -0.497 e. The second-order valence-electron chi connectivity index (χ2n) is 4.15. The number of methoxy groups -OCH3 is 2. The summed E-state index contributed by atoms with van der Waals surface area (Å²) in [6, 6.07) is 7.08. The fraction of sp³-hybridized carbons (Fsp3) is 0.214. The van der Waals surface area contributed by atoms with Crippen LogP contribution in [0.4, 0.5) is 5.82 Å². The lowest BCUT2D eigenvalue weighted by Crippen LogP contribution is -2.03. The molecule has 0 fully saturated rings. The van der Waals surface area contributed by atoms with E-state index in [2.05, 4.69) is 5.10 Å². The van der Waals surface area contributed by atoms with Crippen LogP contribution in [-0.4, -0.2) is 30.3 Å². The molecule has 0 saturated heterocycles. The maximum atomic E-state index is 11.3. The lowest BCUT2D eigenvalue weighted by Gasteiger charge is -2.09. The highest BCUT2D eigenvalue weighted by atomic mass is 16.5. The molecule has 1 heterocycles. The molecular weight excluding hydrogens is 272 g/mol. The van der Waals surface area contributed by atoms with Gasteiger partial charge in [-0.15, -0.1) is 0 Å². The molecule has 21 heavy (non-hydrogen) atoms. The van der Waals surface area contributed by atoms with Crippen molar-refractivity contribution in [1.82, 2.24) is 9.78 Å². The third kappa shape index (κ3) is 2.51. The van der Waals surface area contributed by atoms with Gasteiger partial charge >= 0.3 is 0 Å². The van der Waals surface area contributed by atoms with Crippen LogP contribution in [0.2, 0.25) is 0 Å².